The molecule has 1 aliphatic rings. The molecular weight excluding hydrogens is 405 g/mol. The van der Waals surface area contributed by atoms with Crippen LogP contribution in [0.1, 0.15) is 23.5 Å². The Balaban J connectivity index is 1.47. The van der Waals surface area contributed by atoms with E-state index < -0.39 is 5.54 Å². The molecule has 0 bridgehead atoms. The van der Waals surface area contributed by atoms with Crippen LogP contribution in [0.25, 0.3) is 11.1 Å². The molecule has 1 N–H and O–H groups in total. The summed E-state index contributed by atoms with van der Waals surface area (Å²) in [4.78, 5) is 12.8. The number of carbonyl (C=O) groups excluding carboxylic acids is 1. The van der Waals surface area contributed by atoms with Crippen LogP contribution in [0.4, 0.5) is 0 Å². The van der Waals surface area contributed by atoms with E-state index in [1.807, 2.05) is 67.7 Å². The number of hydrogen-bond acceptors (Lipinski definition) is 3. The Bertz CT molecular complexity index is 1020. The second-order valence-electron chi connectivity index (χ2n) is 7.29. The lowest BCUT2D eigenvalue weighted by Crippen LogP contribution is -2.39. The van der Waals surface area contributed by atoms with Crippen LogP contribution in [0, 0.1) is 0 Å². The van der Waals surface area contributed by atoms with Gasteiger partial charge in [-0.1, -0.05) is 77.8 Å². The standard InChI is InChI=1S/C24H21Cl2NO2/c1-27-24(23(28)29-15-16-5-3-2-4-6-16)14-21(24)18-9-7-17(8-10-18)20-13-19(25)11-12-22(20)26/h2-13,21,27H,14-15H2,1H3/t21-,24+/m0/s1. The second kappa shape index (κ2) is 8.19. The largest absolute Gasteiger partial charge is 0.459 e. The van der Waals surface area contributed by atoms with Crippen molar-refractivity contribution in [3.8, 4) is 11.1 Å². The van der Waals surface area contributed by atoms with Gasteiger partial charge in [-0.05, 0) is 48.4 Å². The maximum atomic E-state index is 12.8. The monoisotopic (exact) mass is 425 g/mol. The molecule has 0 amide bonds. The van der Waals surface area contributed by atoms with Gasteiger partial charge in [-0.15, -0.1) is 0 Å². The van der Waals surface area contributed by atoms with E-state index in [-0.39, 0.29) is 18.5 Å². The Morgan fingerprint density at radius 3 is 2.48 bits per heavy atom. The number of likely N-dealkylation sites (N-methyl/N-ethyl adjacent to an activating group) is 1. The SMILES string of the molecule is CN[C@]1(C(=O)OCc2ccccc2)C[C@H]1c1ccc(-c2cc(Cl)ccc2Cl)cc1. The average molecular weight is 426 g/mol. The molecule has 1 aliphatic carbocycles. The average Bonchev–Trinajstić information content (AvgIpc) is 3.51. The molecule has 4 rings (SSSR count). The fourth-order valence-electron chi connectivity index (χ4n) is 3.73. The molecule has 3 aromatic carbocycles. The molecule has 0 radical (unpaired) electrons. The lowest BCUT2D eigenvalue weighted by atomic mass is 10.0. The molecule has 5 heteroatoms. The topological polar surface area (TPSA) is 38.3 Å². The molecule has 148 valence electrons. The predicted octanol–water partition coefficient (Wildman–Crippen LogP) is 5.85. The van der Waals surface area contributed by atoms with E-state index >= 15 is 0 Å². The van der Waals surface area contributed by atoms with E-state index in [1.165, 1.54) is 0 Å². The minimum atomic E-state index is -0.663. The Morgan fingerprint density at radius 1 is 1.07 bits per heavy atom. The lowest BCUT2D eigenvalue weighted by Gasteiger charge is -2.16. The fraction of sp³-hybridized carbons (Fsp3) is 0.208. The van der Waals surface area contributed by atoms with Crippen molar-refractivity contribution in [2.24, 2.45) is 0 Å². The highest BCUT2D eigenvalue weighted by Gasteiger charge is 2.61. The number of esters is 1. The summed E-state index contributed by atoms with van der Waals surface area (Å²) < 4.78 is 5.59. The molecule has 0 aliphatic heterocycles. The molecule has 3 aromatic rings. The van der Waals surface area contributed by atoms with E-state index in [9.17, 15) is 4.79 Å². The first kappa shape index (κ1) is 20.0. The van der Waals surface area contributed by atoms with Crippen molar-refractivity contribution in [2.75, 3.05) is 7.05 Å². The summed E-state index contributed by atoms with van der Waals surface area (Å²) in [5.41, 5.74) is 3.29. The number of halogens is 2. The smallest absolute Gasteiger partial charge is 0.327 e. The first-order valence-corrected chi connectivity index (χ1v) is 10.2. The minimum absolute atomic E-state index is 0.0830. The normalized spacial score (nSPS) is 20.3. The van der Waals surface area contributed by atoms with Crippen molar-refractivity contribution in [1.29, 1.82) is 0 Å². The Hall–Kier alpha value is -2.33. The predicted molar refractivity (Wildman–Crippen MR) is 117 cm³/mol. The van der Waals surface area contributed by atoms with E-state index in [1.54, 1.807) is 12.1 Å². The molecule has 2 atom stereocenters. The zero-order valence-electron chi connectivity index (χ0n) is 16.0. The maximum Gasteiger partial charge on any atom is 0.327 e. The van der Waals surface area contributed by atoms with Crippen molar-refractivity contribution in [1.82, 2.24) is 5.32 Å². The van der Waals surface area contributed by atoms with Crippen LogP contribution in [0.3, 0.4) is 0 Å². The van der Waals surface area contributed by atoms with Gasteiger partial charge >= 0.3 is 5.97 Å². The molecule has 3 nitrogen and oxygen atoms in total. The van der Waals surface area contributed by atoms with Gasteiger partial charge in [0.1, 0.15) is 12.1 Å². The number of hydrogen-bond donors (Lipinski definition) is 1. The van der Waals surface area contributed by atoms with Gasteiger partial charge < -0.3 is 10.1 Å². The molecule has 0 heterocycles. The van der Waals surface area contributed by atoms with Gasteiger partial charge in [0.2, 0.25) is 0 Å². The molecule has 0 spiro atoms. The number of carbonyl (C=O) groups is 1. The molecule has 0 aromatic heterocycles. The third kappa shape index (κ3) is 4.04. The quantitative estimate of drug-likeness (QED) is 0.503. The highest BCUT2D eigenvalue weighted by Crippen LogP contribution is 2.52. The molecule has 0 unspecified atom stereocenters. The van der Waals surface area contributed by atoms with E-state index in [0.29, 0.717) is 16.5 Å². The fourth-order valence-corrected chi connectivity index (χ4v) is 4.13. The van der Waals surface area contributed by atoms with Crippen LogP contribution in [0.2, 0.25) is 10.0 Å². The van der Waals surface area contributed by atoms with Gasteiger partial charge in [0.05, 0.1) is 0 Å². The van der Waals surface area contributed by atoms with Crippen LogP contribution >= 0.6 is 23.2 Å². The summed E-state index contributed by atoms with van der Waals surface area (Å²) in [6, 6.07) is 23.2. The van der Waals surface area contributed by atoms with Gasteiger partial charge in [0.25, 0.3) is 0 Å². The van der Waals surface area contributed by atoms with E-state index in [0.717, 1.165) is 22.3 Å². The summed E-state index contributed by atoms with van der Waals surface area (Å²) >= 11 is 12.4. The summed E-state index contributed by atoms with van der Waals surface area (Å²) in [7, 11) is 1.81. The number of rotatable bonds is 6. The molecule has 0 saturated heterocycles. The van der Waals surface area contributed by atoms with Gasteiger partial charge in [-0.3, -0.25) is 4.79 Å². The van der Waals surface area contributed by atoms with Crippen LogP contribution in [-0.2, 0) is 16.1 Å². The molecule has 1 fully saturated rings. The van der Waals surface area contributed by atoms with Crippen molar-refractivity contribution in [3.63, 3.8) is 0 Å². The van der Waals surface area contributed by atoms with Gasteiger partial charge in [-0.2, -0.15) is 0 Å². The summed E-state index contributed by atoms with van der Waals surface area (Å²) in [6.45, 7) is 0.280. The molecular formula is C24H21Cl2NO2. The Kier molecular flexibility index (Phi) is 5.64. The molecule has 29 heavy (non-hydrogen) atoms. The Labute approximate surface area is 180 Å². The van der Waals surface area contributed by atoms with Crippen LogP contribution in [0.5, 0.6) is 0 Å². The Morgan fingerprint density at radius 2 is 1.79 bits per heavy atom. The number of nitrogens with one attached hydrogen (secondary N) is 1. The molecule has 1 saturated carbocycles. The van der Waals surface area contributed by atoms with Gasteiger partial charge in [0.15, 0.2) is 0 Å². The van der Waals surface area contributed by atoms with Gasteiger partial charge in [-0.25, -0.2) is 0 Å². The summed E-state index contributed by atoms with van der Waals surface area (Å²) in [5, 5.41) is 4.49. The zero-order chi connectivity index (χ0) is 20.4. The van der Waals surface area contributed by atoms with Gasteiger partial charge in [0, 0.05) is 21.5 Å². The van der Waals surface area contributed by atoms with Crippen LogP contribution in [-0.4, -0.2) is 18.6 Å². The van der Waals surface area contributed by atoms with Crippen molar-refractivity contribution in [2.45, 2.75) is 24.5 Å². The summed E-state index contributed by atoms with van der Waals surface area (Å²) in [6.07, 6.45) is 0.717. The highest BCUT2D eigenvalue weighted by atomic mass is 35.5. The van der Waals surface area contributed by atoms with Crippen molar-refractivity contribution >= 4 is 29.2 Å². The highest BCUT2D eigenvalue weighted by molar-refractivity contribution is 6.35. The zero-order valence-corrected chi connectivity index (χ0v) is 17.5. The number of benzene rings is 3. The van der Waals surface area contributed by atoms with Crippen molar-refractivity contribution < 1.29 is 9.53 Å². The lowest BCUT2D eigenvalue weighted by molar-refractivity contribution is -0.148. The van der Waals surface area contributed by atoms with Crippen molar-refractivity contribution in [3.05, 3.63) is 94.0 Å². The maximum absolute atomic E-state index is 12.8. The van der Waals surface area contributed by atoms with Crippen LogP contribution < -0.4 is 5.32 Å². The summed E-state index contributed by atoms with van der Waals surface area (Å²) in [5.74, 6) is -0.129. The first-order valence-electron chi connectivity index (χ1n) is 9.49. The number of ether oxygens (including phenoxy) is 1. The second-order valence-corrected chi connectivity index (χ2v) is 8.13. The van der Waals surface area contributed by atoms with Crippen LogP contribution in [0.15, 0.2) is 72.8 Å². The van der Waals surface area contributed by atoms with E-state index in [2.05, 4.69) is 5.32 Å². The first-order chi connectivity index (χ1) is 14.0. The van der Waals surface area contributed by atoms with E-state index in [4.69, 9.17) is 27.9 Å². The minimum Gasteiger partial charge on any atom is -0.459 e. The third-order valence-corrected chi connectivity index (χ3v) is 6.10. The third-order valence-electron chi connectivity index (χ3n) is 5.54.